The minimum Gasteiger partial charge on any atom is -0.464 e. The third-order valence-electron chi connectivity index (χ3n) is 5.15. The molecule has 0 bridgehead atoms. The van der Waals surface area contributed by atoms with Crippen LogP contribution >= 0.6 is 0 Å². The third kappa shape index (κ3) is 5.56. The number of ether oxygens (including phenoxy) is 2. The number of methoxy groups -OCH3 is 1. The molecule has 0 aliphatic heterocycles. The van der Waals surface area contributed by atoms with E-state index in [0.717, 1.165) is 40.6 Å². The minimum atomic E-state index is -4.57. The van der Waals surface area contributed by atoms with Crippen molar-refractivity contribution < 1.29 is 32.2 Å². The van der Waals surface area contributed by atoms with Crippen molar-refractivity contribution in [2.75, 3.05) is 13.7 Å². The summed E-state index contributed by atoms with van der Waals surface area (Å²) < 4.78 is 50.7. The van der Waals surface area contributed by atoms with Crippen LogP contribution in [0.2, 0.25) is 0 Å². The number of carbonyl (C=O) groups is 2. The van der Waals surface area contributed by atoms with Gasteiger partial charge in [-0.25, -0.2) is 9.48 Å². The largest absolute Gasteiger partial charge is 0.464 e. The van der Waals surface area contributed by atoms with E-state index in [1.54, 1.807) is 0 Å². The summed E-state index contributed by atoms with van der Waals surface area (Å²) in [5.41, 5.74) is 1.80. The molecule has 1 N–H and O–H groups in total. The van der Waals surface area contributed by atoms with Crippen LogP contribution in [0.25, 0.3) is 0 Å². The Hall–Kier alpha value is -3.82. The van der Waals surface area contributed by atoms with Crippen molar-refractivity contribution in [3.63, 3.8) is 0 Å². The molecular weight excluding hydrogens is 451 g/mol. The van der Waals surface area contributed by atoms with Gasteiger partial charge in [0.25, 0.3) is 5.91 Å². The van der Waals surface area contributed by atoms with Crippen molar-refractivity contribution in [3.8, 4) is 11.6 Å². The van der Waals surface area contributed by atoms with Gasteiger partial charge in [-0.15, -0.1) is 0 Å². The van der Waals surface area contributed by atoms with Crippen LogP contribution in [0.4, 0.5) is 13.2 Å². The fourth-order valence-corrected chi connectivity index (χ4v) is 3.44. The lowest BCUT2D eigenvalue weighted by Crippen LogP contribution is -2.27. The first kappa shape index (κ1) is 24.8. The molecule has 1 heterocycles. The van der Waals surface area contributed by atoms with E-state index in [4.69, 9.17) is 9.47 Å². The number of alkyl halides is 3. The Kier molecular flexibility index (Phi) is 7.29. The van der Waals surface area contributed by atoms with Crippen LogP contribution in [0.5, 0.6) is 11.6 Å². The van der Waals surface area contributed by atoms with Gasteiger partial charge in [-0.05, 0) is 49.6 Å². The van der Waals surface area contributed by atoms with Crippen LogP contribution in [0.15, 0.2) is 42.5 Å². The van der Waals surface area contributed by atoms with Gasteiger partial charge in [-0.2, -0.15) is 18.3 Å². The van der Waals surface area contributed by atoms with Gasteiger partial charge in [0.1, 0.15) is 11.3 Å². The number of nitrogens with zero attached hydrogens (tertiary/aromatic N) is 2. The lowest BCUT2D eigenvalue weighted by Gasteiger charge is -2.12. The first-order valence-corrected chi connectivity index (χ1v) is 10.4. The van der Waals surface area contributed by atoms with Gasteiger partial charge in [-0.1, -0.05) is 29.8 Å². The lowest BCUT2D eigenvalue weighted by molar-refractivity contribution is -0.137. The molecule has 2 aromatic carbocycles. The number of benzene rings is 2. The minimum absolute atomic E-state index is 0.168. The van der Waals surface area contributed by atoms with Crippen LogP contribution < -0.4 is 10.1 Å². The van der Waals surface area contributed by atoms with Crippen molar-refractivity contribution in [2.45, 2.75) is 26.4 Å². The predicted octanol–water partition coefficient (Wildman–Crippen LogP) is 4.61. The first-order valence-electron chi connectivity index (χ1n) is 10.4. The fourth-order valence-electron chi connectivity index (χ4n) is 3.44. The first-order chi connectivity index (χ1) is 16.0. The van der Waals surface area contributed by atoms with Crippen molar-refractivity contribution in [3.05, 3.63) is 76.0 Å². The van der Waals surface area contributed by atoms with Gasteiger partial charge in [0.2, 0.25) is 5.88 Å². The van der Waals surface area contributed by atoms with Gasteiger partial charge in [0.05, 0.1) is 12.7 Å². The number of amides is 1. The van der Waals surface area contributed by atoms with Gasteiger partial charge in [0, 0.05) is 13.6 Å². The second-order valence-corrected chi connectivity index (χ2v) is 7.71. The van der Waals surface area contributed by atoms with Crippen molar-refractivity contribution in [2.24, 2.45) is 7.05 Å². The molecule has 0 aliphatic rings. The van der Waals surface area contributed by atoms with Gasteiger partial charge in [-0.3, -0.25) is 4.79 Å². The Labute approximate surface area is 194 Å². The Morgan fingerprint density at radius 1 is 1.12 bits per heavy atom. The number of hydrogen-bond acceptors (Lipinski definition) is 5. The topological polar surface area (TPSA) is 82.4 Å². The smallest absolute Gasteiger partial charge is 0.416 e. The number of hydrogen-bond donors (Lipinski definition) is 1. The molecule has 1 aromatic heterocycles. The summed E-state index contributed by atoms with van der Waals surface area (Å²) in [6, 6.07) is 10.2. The molecule has 10 heteroatoms. The zero-order valence-electron chi connectivity index (χ0n) is 19.1. The summed E-state index contributed by atoms with van der Waals surface area (Å²) in [7, 11) is 2.54. The average molecular weight is 475 g/mol. The Morgan fingerprint density at radius 3 is 2.50 bits per heavy atom. The summed E-state index contributed by atoms with van der Waals surface area (Å²) in [5, 5.41) is 6.72. The SMILES string of the molecule is COC(=O)c1nn(C)c(Oc2cccc(C(F)(F)F)c2)c1C(=O)NCCc1ccc(C)cc1C. The van der Waals surface area contributed by atoms with Crippen LogP contribution in [-0.4, -0.2) is 35.3 Å². The Balaban J connectivity index is 1.88. The summed E-state index contributed by atoms with van der Waals surface area (Å²) in [6.45, 7) is 4.21. The molecule has 0 saturated heterocycles. The maximum atomic E-state index is 13.1. The van der Waals surface area contributed by atoms with Crippen LogP contribution in [0.3, 0.4) is 0 Å². The molecule has 7 nitrogen and oxygen atoms in total. The predicted molar refractivity (Wildman–Crippen MR) is 118 cm³/mol. The summed E-state index contributed by atoms with van der Waals surface area (Å²) in [5.74, 6) is -1.91. The highest BCUT2D eigenvalue weighted by Gasteiger charge is 2.32. The molecule has 3 rings (SSSR count). The molecule has 0 spiro atoms. The fraction of sp³-hybridized carbons (Fsp3) is 0.292. The number of rotatable bonds is 7. The number of aryl methyl sites for hydroxylation is 3. The van der Waals surface area contributed by atoms with E-state index in [2.05, 4.69) is 10.4 Å². The van der Waals surface area contributed by atoms with E-state index in [1.165, 1.54) is 19.2 Å². The van der Waals surface area contributed by atoms with E-state index >= 15 is 0 Å². The zero-order valence-corrected chi connectivity index (χ0v) is 19.1. The normalized spacial score (nSPS) is 11.3. The lowest BCUT2D eigenvalue weighted by atomic mass is 10.0. The molecule has 0 radical (unpaired) electrons. The van der Waals surface area contributed by atoms with E-state index in [0.29, 0.717) is 6.42 Å². The average Bonchev–Trinajstić information content (AvgIpc) is 3.10. The molecule has 1 amide bonds. The standard InChI is InChI=1S/C24H24F3N3O4/c1-14-8-9-16(15(2)12-14)10-11-28-21(31)19-20(23(32)33-4)29-30(3)22(19)34-18-7-5-6-17(13-18)24(25,26)27/h5-9,12-13H,10-11H2,1-4H3,(H,28,31). The molecule has 0 aliphatic carbocycles. The van der Waals surface area contributed by atoms with E-state index < -0.39 is 23.6 Å². The Morgan fingerprint density at radius 2 is 1.85 bits per heavy atom. The number of esters is 1. The molecule has 0 saturated carbocycles. The second-order valence-electron chi connectivity index (χ2n) is 7.71. The monoisotopic (exact) mass is 475 g/mol. The van der Waals surface area contributed by atoms with E-state index in [-0.39, 0.29) is 29.4 Å². The molecule has 0 atom stereocenters. The van der Waals surface area contributed by atoms with Gasteiger partial charge < -0.3 is 14.8 Å². The van der Waals surface area contributed by atoms with Crippen LogP contribution in [-0.2, 0) is 24.4 Å². The summed E-state index contributed by atoms with van der Waals surface area (Å²) >= 11 is 0. The highest BCUT2D eigenvalue weighted by molar-refractivity contribution is 6.06. The van der Waals surface area contributed by atoms with E-state index in [1.807, 2.05) is 32.0 Å². The quantitative estimate of drug-likeness (QED) is 0.505. The molecule has 0 fully saturated rings. The molecule has 180 valence electrons. The van der Waals surface area contributed by atoms with Crippen molar-refractivity contribution >= 4 is 11.9 Å². The van der Waals surface area contributed by atoms with Crippen LogP contribution in [0.1, 0.15) is 43.1 Å². The summed E-state index contributed by atoms with van der Waals surface area (Å²) in [4.78, 5) is 25.3. The third-order valence-corrected chi connectivity index (χ3v) is 5.15. The van der Waals surface area contributed by atoms with Crippen molar-refractivity contribution in [1.29, 1.82) is 0 Å². The van der Waals surface area contributed by atoms with Gasteiger partial charge in [0.15, 0.2) is 5.69 Å². The van der Waals surface area contributed by atoms with Crippen molar-refractivity contribution in [1.82, 2.24) is 15.1 Å². The molecular formula is C24H24F3N3O4. The molecule has 0 unspecified atom stereocenters. The maximum absolute atomic E-state index is 13.1. The number of aromatic nitrogens is 2. The van der Waals surface area contributed by atoms with E-state index in [9.17, 15) is 22.8 Å². The second kappa shape index (κ2) is 9.98. The number of carbonyl (C=O) groups excluding carboxylic acids is 2. The van der Waals surface area contributed by atoms with Gasteiger partial charge >= 0.3 is 12.1 Å². The highest BCUT2D eigenvalue weighted by atomic mass is 19.4. The van der Waals surface area contributed by atoms with Crippen LogP contribution in [0, 0.1) is 13.8 Å². The molecule has 3 aromatic rings. The maximum Gasteiger partial charge on any atom is 0.416 e. The highest BCUT2D eigenvalue weighted by Crippen LogP contribution is 2.34. The number of halogens is 3. The summed E-state index contributed by atoms with van der Waals surface area (Å²) in [6.07, 6.45) is -4.03. The zero-order chi connectivity index (χ0) is 25.0. The Bertz CT molecular complexity index is 1220. The molecule has 34 heavy (non-hydrogen) atoms. The number of nitrogens with one attached hydrogen (secondary N) is 1.